The van der Waals surface area contributed by atoms with Crippen molar-refractivity contribution in [2.24, 2.45) is 16.8 Å². The largest absolute Gasteiger partial charge is 0.341 e. The number of nitriles is 1. The minimum Gasteiger partial charge on any atom is -0.328 e. The number of hydrogen-bond acceptors (Lipinski definition) is 2. The van der Waals surface area contributed by atoms with Gasteiger partial charge in [0.2, 0.25) is 0 Å². The summed E-state index contributed by atoms with van der Waals surface area (Å²) >= 11 is 0. The average molecular weight is 259 g/mol. The van der Waals surface area contributed by atoms with Crippen LogP contribution in [0, 0.1) is 29.0 Å². The summed E-state index contributed by atoms with van der Waals surface area (Å²) in [6.45, 7) is 3.78. The lowest BCUT2D eigenvalue weighted by Crippen LogP contribution is -2.42. The quantitative estimate of drug-likeness (QED) is 0.887. The SMILES string of the molecule is CC(C)C1=NC(=O)NC(c2ccc(F)cc2)C1C#N. The zero-order valence-corrected chi connectivity index (χ0v) is 10.7. The number of halogens is 1. The summed E-state index contributed by atoms with van der Waals surface area (Å²) in [6, 6.07) is 7.03. The zero-order valence-electron chi connectivity index (χ0n) is 10.7. The van der Waals surface area contributed by atoms with Gasteiger partial charge in [0.25, 0.3) is 0 Å². The number of amides is 2. The van der Waals surface area contributed by atoms with Gasteiger partial charge in [-0.2, -0.15) is 5.26 Å². The minimum atomic E-state index is -0.525. The van der Waals surface area contributed by atoms with Crippen molar-refractivity contribution in [3.8, 4) is 6.07 Å². The third kappa shape index (κ3) is 2.63. The average Bonchev–Trinajstić information content (AvgIpc) is 2.38. The lowest BCUT2D eigenvalue weighted by molar-refractivity contribution is 0.242. The van der Waals surface area contributed by atoms with Crippen LogP contribution in [0.5, 0.6) is 0 Å². The molecule has 2 rings (SSSR count). The lowest BCUT2D eigenvalue weighted by atomic mass is 9.84. The number of carbonyl (C=O) groups is 1. The normalized spacial score (nSPS) is 22.7. The molecule has 4 nitrogen and oxygen atoms in total. The highest BCUT2D eigenvalue weighted by atomic mass is 19.1. The first-order valence-electron chi connectivity index (χ1n) is 6.07. The molecule has 0 fully saturated rings. The van der Waals surface area contributed by atoms with E-state index in [-0.39, 0.29) is 11.7 Å². The molecule has 5 heteroatoms. The van der Waals surface area contributed by atoms with Crippen molar-refractivity contribution < 1.29 is 9.18 Å². The van der Waals surface area contributed by atoms with Gasteiger partial charge in [-0.15, -0.1) is 0 Å². The molecule has 1 aliphatic rings. The van der Waals surface area contributed by atoms with E-state index in [0.29, 0.717) is 11.3 Å². The number of benzene rings is 1. The number of aliphatic imine (C=N–C) groups is 1. The molecular formula is C14H14FN3O. The molecule has 0 aromatic heterocycles. The molecule has 0 aliphatic carbocycles. The Bertz CT molecular complexity index is 557. The van der Waals surface area contributed by atoms with Crippen molar-refractivity contribution in [2.75, 3.05) is 0 Å². The van der Waals surface area contributed by atoms with Crippen LogP contribution in [0.1, 0.15) is 25.5 Å². The first-order chi connectivity index (χ1) is 9.02. The van der Waals surface area contributed by atoms with Crippen LogP contribution in [0.4, 0.5) is 9.18 Å². The molecule has 98 valence electrons. The summed E-state index contributed by atoms with van der Waals surface area (Å²) in [5, 5.41) is 12.0. The maximum atomic E-state index is 12.9. The third-order valence-electron chi connectivity index (χ3n) is 3.12. The number of carbonyl (C=O) groups excluding carboxylic acids is 1. The third-order valence-corrected chi connectivity index (χ3v) is 3.12. The zero-order chi connectivity index (χ0) is 14.0. The fourth-order valence-electron chi connectivity index (χ4n) is 2.18. The van der Waals surface area contributed by atoms with Crippen molar-refractivity contribution in [1.29, 1.82) is 5.26 Å². The van der Waals surface area contributed by atoms with E-state index < -0.39 is 18.0 Å². The summed E-state index contributed by atoms with van der Waals surface area (Å²) in [5.74, 6) is -0.862. The van der Waals surface area contributed by atoms with Gasteiger partial charge in [-0.3, -0.25) is 0 Å². The molecule has 0 saturated carbocycles. The number of urea groups is 1. The molecule has 1 aromatic carbocycles. The molecule has 19 heavy (non-hydrogen) atoms. The fraction of sp³-hybridized carbons (Fsp3) is 0.357. The second-order valence-corrected chi connectivity index (χ2v) is 4.78. The Kier molecular flexibility index (Phi) is 3.61. The van der Waals surface area contributed by atoms with E-state index in [4.69, 9.17) is 0 Å². The van der Waals surface area contributed by atoms with Gasteiger partial charge in [-0.25, -0.2) is 14.2 Å². The summed E-state index contributed by atoms with van der Waals surface area (Å²) < 4.78 is 12.9. The topological polar surface area (TPSA) is 65.2 Å². The summed E-state index contributed by atoms with van der Waals surface area (Å²) in [6.07, 6.45) is 0. The molecule has 2 unspecified atom stereocenters. The van der Waals surface area contributed by atoms with Gasteiger partial charge >= 0.3 is 6.03 Å². The lowest BCUT2D eigenvalue weighted by Gasteiger charge is -2.29. The maximum Gasteiger partial charge on any atom is 0.341 e. The number of rotatable bonds is 2. The van der Waals surface area contributed by atoms with Crippen molar-refractivity contribution >= 4 is 11.7 Å². The molecule has 0 bridgehead atoms. The van der Waals surface area contributed by atoms with Crippen LogP contribution in [-0.4, -0.2) is 11.7 Å². The fourth-order valence-corrected chi connectivity index (χ4v) is 2.18. The highest BCUT2D eigenvalue weighted by molar-refractivity contribution is 6.01. The van der Waals surface area contributed by atoms with Gasteiger partial charge in [0.05, 0.1) is 12.1 Å². The van der Waals surface area contributed by atoms with Crippen LogP contribution in [0.15, 0.2) is 29.3 Å². The molecular weight excluding hydrogens is 245 g/mol. The number of hydrogen-bond donors (Lipinski definition) is 1. The van der Waals surface area contributed by atoms with Crippen LogP contribution >= 0.6 is 0 Å². The predicted octanol–water partition coefficient (Wildman–Crippen LogP) is 2.83. The smallest absolute Gasteiger partial charge is 0.328 e. The van der Waals surface area contributed by atoms with Crippen LogP contribution in [0.2, 0.25) is 0 Å². The Labute approximate surface area is 111 Å². The van der Waals surface area contributed by atoms with Gasteiger partial charge in [-0.05, 0) is 23.6 Å². The first kappa shape index (κ1) is 13.2. The molecule has 1 N–H and O–H groups in total. The molecule has 0 radical (unpaired) electrons. The molecule has 2 amide bonds. The predicted molar refractivity (Wildman–Crippen MR) is 69.0 cm³/mol. The summed E-state index contributed by atoms with van der Waals surface area (Å²) in [5.41, 5.74) is 1.27. The van der Waals surface area contributed by atoms with E-state index in [1.165, 1.54) is 12.1 Å². The van der Waals surface area contributed by atoms with Crippen LogP contribution < -0.4 is 5.32 Å². The summed E-state index contributed by atoms with van der Waals surface area (Å²) in [4.78, 5) is 15.5. The maximum absolute atomic E-state index is 12.9. The van der Waals surface area contributed by atoms with E-state index in [1.807, 2.05) is 13.8 Å². The van der Waals surface area contributed by atoms with Crippen molar-refractivity contribution in [1.82, 2.24) is 5.32 Å². The van der Waals surface area contributed by atoms with E-state index in [2.05, 4.69) is 16.4 Å². The second kappa shape index (κ2) is 5.19. The monoisotopic (exact) mass is 259 g/mol. The number of nitrogens with one attached hydrogen (secondary N) is 1. The Hall–Kier alpha value is -2.22. The van der Waals surface area contributed by atoms with Gasteiger partial charge < -0.3 is 5.32 Å². The Morgan fingerprint density at radius 3 is 2.53 bits per heavy atom. The van der Waals surface area contributed by atoms with Gasteiger partial charge in [0.15, 0.2) is 0 Å². The van der Waals surface area contributed by atoms with E-state index >= 15 is 0 Å². The Morgan fingerprint density at radius 1 is 1.37 bits per heavy atom. The molecule has 1 aromatic rings. The van der Waals surface area contributed by atoms with Gasteiger partial charge in [0.1, 0.15) is 11.7 Å². The van der Waals surface area contributed by atoms with Crippen LogP contribution in [0.3, 0.4) is 0 Å². The first-order valence-corrected chi connectivity index (χ1v) is 6.07. The van der Waals surface area contributed by atoms with Gasteiger partial charge in [-0.1, -0.05) is 26.0 Å². The van der Waals surface area contributed by atoms with E-state index in [1.54, 1.807) is 12.1 Å². The highest BCUT2D eigenvalue weighted by Gasteiger charge is 2.34. The highest BCUT2D eigenvalue weighted by Crippen LogP contribution is 2.28. The van der Waals surface area contributed by atoms with Crippen molar-refractivity contribution in [3.63, 3.8) is 0 Å². The molecule has 0 saturated heterocycles. The molecule has 1 heterocycles. The Morgan fingerprint density at radius 2 is 2.00 bits per heavy atom. The molecule has 1 aliphatic heterocycles. The van der Waals surface area contributed by atoms with E-state index in [0.717, 1.165) is 0 Å². The standard InChI is InChI=1S/C14H14FN3O/c1-8(2)12-11(7-16)13(18-14(19)17-12)9-3-5-10(15)6-4-9/h3-6,8,11,13H,1-2H3,(H,18,19). The van der Waals surface area contributed by atoms with E-state index in [9.17, 15) is 14.4 Å². The minimum absolute atomic E-state index is 0.0126. The second-order valence-electron chi connectivity index (χ2n) is 4.78. The van der Waals surface area contributed by atoms with Crippen molar-refractivity contribution in [3.05, 3.63) is 35.6 Å². The van der Waals surface area contributed by atoms with Crippen LogP contribution in [0.25, 0.3) is 0 Å². The number of nitrogens with zero attached hydrogens (tertiary/aromatic N) is 2. The Balaban J connectivity index is 2.41. The molecule has 2 atom stereocenters. The van der Waals surface area contributed by atoms with Gasteiger partial charge in [0, 0.05) is 5.71 Å². The van der Waals surface area contributed by atoms with Crippen molar-refractivity contribution in [2.45, 2.75) is 19.9 Å². The summed E-state index contributed by atoms with van der Waals surface area (Å²) in [7, 11) is 0. The molecule has 0 spiro atoms. The van der Waals surface area contributed by atoms with Crippen LogP contribution in [-0.2, 0) is 0 Å².